The van der Waals surface area contributed by atoms with Gasteiger partial charge in [0.15, 0.2) is 0 Å². The third-order valence-corrected chi connectivity index (χ3v) is 21.1. The van der Waals surface area contributed by atoms with Gasteiger partial charge in [0.25, 0.3) is 0 Å². The van der Waals surface area contributed by atoms with Crippen molar-refractivity contribution >= 4 is 43.9 Å². The molecule has 0 unspecified atom stereocenters. The van der Waals surface area contributed by atoms with E-state index in [1.54, 1.807) is 0 Å². The number of aliphatic hydroxyl groups is 2. The van der Waals surface area contributed by atoms with Crippen molar-refractivity contribution in [1.82, 2.24) is 39.0 Å². The summed E-state index contributed by atoms with van der Waals surface area (Å²) in [5.74, 6) is 3.40. The van der Waals surface area contributed by atoms with E-state index in [0.29, 0.717) is 23.7 Å². The Morgan fingerprint density at radius 3 is 0.934 bits per heavy atom. The maximum Gasteiger partial charge on any atom is 3.00 e. The van der Waals surface area contributed by atoms with Crippen LogP contribution < -0.4 is 0 Å². The Kier molecular flexibility index (Phi) is 34.7. The Bertz CT molecular complexity index is 5740. The topological polar surface area (TPSA) is 154 Å². The van der Waals surface area contributed by atoms with Crippen LogP contribution in [0.15, 0.2) is 295 Å². The number of hydrogen-bond donors (Lipinski definition) is 2. The first-order valence-corrected chi connectivity index (χ1v) is 40.8. The van der Waals surface area contributed by atoms with Gasteiger partial charge in [-0.2, -0.15) is 0 Å². The van der Waals surface area contributed by atoms with E-state index in [1.165, 1.54) is 78.1 Å². The zero-order valence-electron chi connectivity index (χ0n) is 72.9. The molecule has 0 atom stereocenters. The van der Waals surface area contributed by atoms with Gasteiger partial charge in [0.2, 0.25) is 0 Å². The standard InChI is InChI=1S/C27H26N2O.C27H25N2O.4C13H12N.2CH4O.2Ir/c2*1-17(2)19-10-7-11-20(18(3)4)25(19)29-16-15-28-27(29)23-13-8-12-22-21-9-5-6-14-24(21)30-26(22)23;4*1-10-8-13(14-9-11(10)2)12-6-4-3-5-7-12;2*1-2;;/h5-18H,1-4H3;5-12,14-18H,1-4H3;4*3-6,8-9H,1-2H3;2*2H,1H3;;/q;5*-1;;;2*+3. The van der Waals surface area contributed by atoms with Crippen LogP contribution in [0.2, 0.25) is 0 Å². The van der Waals surface area contributed by atoms with Crippen molar-refractivity contribution in [2.24, 2.45) is 0 Å². The van der Waals surface area contributed by atoms with Crippen molar-refractivity contribution < 1.29 is 59.3 Å². The molecule has 0 saturated heterocycles. The number of furan rings is 2. The minimum Gasteiger partial charge on any atom is -0.501 e. The molecule has 0 aliphatic rings. The third-order valence-electron chi connectivity index (χ3n) is 21.1. The van der Waals surface area contributed by atoms with Gasteiger partial charge in [-0.1, -0.05) is 198 Å². The molecular formula is C108H107Ir2N8O4+. The first kappa shape index (κ1) is 93.9. The zero-order chi connectivity index (χ0) is 85.5. The molecule has 2 N–H and O–H groups in total. The van der Waals surface area contributed by atoms with E-state index < -0.39 is 0 Å². The molecule has 0 saturated carbocycles. The summed E-state index contributed by atoms with van der Waals surface area (Å²) in [4.78, 5) is 27.1. The van der Waals surface area contributed by atoms with Gasteiger partial charge in [-0.05, 0) is 165 Å². The van der Waals surface area contributed by atoms with Crippen LogP contribution in [0.4, 0.5) is 0 Å². The van der Waals surface area contributed by atoms with Crippen molar-refractivity contribution in [2.45, 2.75) is 134 Å². The molecule has 18 aromatic rings. The zero-order valence-corrected chi connectivity index (χ0v) is 77.7. The Labute approximate surface area is 747 Å². The van der Waals surface area contributed by atoms with Gasteiger partial charge in [-0.15, -0.1) is 162 Å². The van der Waals surface area contributed by atoms with E-state index in [4.69, 9.17) is 29.0 Å². The van der Waals surface area contributed by atoms with E-state index >= 15 is 0 Å². The van der Waals surface area contributed by atoms with Crippen molar-refractivity contribution in [2.75, 3.05) is 14.2 Å². The second kappa shape index (κ2) is 45.1. The molecule has 0 aliphatic carbocycles. The van der Waals surface area contributed by atoms with E-state index in [1.807, 2.05) is 171 Å². The Morgan fingerprint density at radius 2 is 0.598 bits per heavy atom. The number of aryl methyl sites for hydroxylation is 8. The monoisotopic (exact) mass is 1970 g/mol. The first-order valence-electron chi connectivity index (χ1n) is 40.8. The predicted molar refractivity (Wildman–Crippen MR) is 496 cm³/mol. The Hall–Kier alpha value is -12.0. The normalized spacial score (nSPS) is 10.6. The van der Waals surface area contributed by atoms with Crippen molar-refractivity contribution in [3.05, 3.63) is 383 Å². The molecule has 8 aromatic heterocycles. The summed E-state index contributed by atoms with van der Waals surface area (Å²) in [6.45, 7) is 34.6. The maximum atomic E-state index is 7.00. The number of rotatable bonds is 12. The number of fused-ring (bicyclic) bond motifs is 6. The number of hydrogen-bond acceptors (Lipinski definition) is 10. The fourth-order valence-electron chi connectivity index (χ4n) is 14.0. The van der Waals surface area contributed by atoms with Gasteiger partial charge < -0.3 is 43.6 Å². The summed E-state index contributed by atoms with van der Waals surface area (Å²) < 4.78 is 17.0. The van der Waals surface area contributed by atoms with Crippen LogP contribution in [-0.4, -0.2) is 63.5 Å². The number of pyridine rings is 4. The largest absolute Gasteiger partial charge is 3.00 e. The average Bonchev–Trinajstić information content (AvgIpc) is 1.59. The van der Waals surface area contributed by atoms with Crippen LogP contribution >= 0.6 is 0 Å². The van der Waals surface area contributed by atoms with E-state index in [2.05, 4.69) is 286 Å². The molecule has 620 valence electrons. The Balaban J connectivity index is 0.000000170. The summed E-state index contributed by atoms with van der Waals surface area (Å²) >= 11 is 0. The number of nitrogens with zero attached hydrogens (tertiary/aromatic N) is 8. The van der Waals surface area contributed by atoms with Gasteiger partial charge >= 0.3 is 40.2 Å². The summed E-state index contributed by atoms with van der Waals surface area (Å²) in [7, 11) is 2.00. The van der Waals surface area contributed by atoms with Crippen LogP contribution in [0.1, 0.15) is 146 Å². The molecular weight excluding hydrogens is 1860 g/mol. The number of imidazole rings is 2. The quantitative estimate of drug-likeness (QED) is 0.113. The van der Waals surface area contributed by atoms with Crippen molar-refractivity contribution in [3.63, 3.8) is 0 Å². The molecule has 12 nitrogen and oxygen atoms in total. The molecule has 0 aliphatic heterocycles. The molecule has 122 heavy (non-hydrogen) atoms. The van der Waals surface area contributed by atoms with E-state index in [0.717, 1.165) is 126 Å². The Morgan fingerprint density at radius 1 is 0.295 bits per heavy atom. The maximum absolute atomic E-state index is 7.00. The van der Waals surface area contributed by atoms with Crippen LogP contribution in [0, 0.1) is 85.7 Å². The summed E-state index contributed by atoms with van der Waals surface area (Å²) in [6, 6.07) is 96.0. The molecule has 18 rings (SSSR count). The fraction of sp³-hybridized carbons (Fsp3) is 0.204. The van der Waals surface area contributed by atoms with Gasteiger partial charge in [-0.25, -0.2) is 4.98 Å². The summed E-state index contributed by atoms with van der Waals surface area (Å²) in [5.41, 5.74) is 31.3. The second-order valence-corrected chi connectivity index (χ2v) is 30.6. The molecule has 8 heterocycles. The average molecular weight is 1970 g/mol. The van der Waals surface area contributed by atoms with Crippen LogP contribution in [0.3, 0.4) is 0 Å². The third kappa shape index (κ3) is 22.6. The van der Waals surface area contributed by atoms with Crippen LogP contribution in [-0.2, 0) is 40.2 Å². The fourth-order valence-corrected chi connectivity index (χ4v) is 14.0. The molecule has 14 heteroatoms. The smallest absolute Gasteiger partial charge is 0.501 e. The number of aliphatic hydroxyl groups excluding tert-OH is 2. The van der Waals surface area contributed by atoms with Crippen LogP contribution in [0.5, 0.6) is 0 Å². The van der Waals surface area contributed by atoms with Gasteiger partial charge in [0.1, 0.15) is 22.6 Å². The summed E-state index contributed by atoms with van der Waals surface area (Å²) in [5, 5.41) is 18.5. The van der Waals surface area contributed by atoms with Gasteiger partial charge in [-0.3, -0.25) is 9.55 Å². The van der Waals surface area contributed by atoms with Crippen molar-refractivity contribution in [3.8, 4) is 79.2 Å². The van der Waals surface area contributed by atoms with Crippen LogP contribution in [0.25, 0.3) is 123 Å². The molecule has 0 amide bonds. The first-order chi connectivity index (χ1) is 58.2. The van der Waals surface area contributed by atoms with E-state index in [9.17, 15) is 0 Å². The molecule has 0 bridgehead atoms. The van der Waals surface area contributed by atoms with Gasteiger partial charge in [0, 0.05) is 85.6 Å². The number of aromatic nitrogens is 8. The molecule has 0 fully saturated rings. The second-order valence-electron chi connectivity index (χ2n) is 30.6. The minimum atomic E-state index is 0. The van der Waals surface area contributed by atoms with Gasteiger partial charge in [0.05, 0.1) is 22.7 Å². The number of benzene rings is 10. The predicted octanol–water partition coefficient (Wildman–Crippen LogP) is 27.0. The molecule has 0 spiro atoms. The minimum absolute atomic E-state index is 0. The van der Waals surface area contributed by atoms with E-state index in [-0.39, 0.29) is 40.2 Å². The molecule has 0 radical (unpaired) electrons. The molecule has 10 aromatic carbocycles. The number of para-hydroxylation sites is 5. The summed E-state index contributed by atoms with van der Waals surface area (Å²) in [6.07, 6.45) is 15.5. The van der Waals surface area contributed by atoms with Crippen molar-refractivity contribution in [1.29, 1.82) is 0 Å². The SMILES string of the molecule is CC(C)c1cccc(C(C)C)c1-n1ccnc1-c1[c-]ccc2c1oc1ccccc12.CC(C)c1cccc(C(C)C)c1-n1ccnc1-c1cccc2c1oc1ccccc12.CO.CO.Cc1cnc(-c2[c-]cccc2)cc1C.Cc1cnc(-c2[c-]cccc2)cc1C.Cc1cnc(-c2[c-]cccc2)cc1C.Cc1cnc(-c2[c-]cccc2)cc1C.[Ir+3].[Ir+3].